The van der Waals surface area contributed by atoms with Crippen LogP contribution >= 0.6 is 0 Å². The van der Waals surface area contributed by atoms with Gasteiger partial charge in [0.1, 0.15) is 0 Å². The number of carbonyl (C=O) groups is 1. The Hall–Kier alpha value is -1.17. The Morgan fingerprint density at radius 3 is 2.55 bits per heavy atom. The van der Waals surface area contributed by atoms with Crippen LogP contribution in [-0.2, 0) is 26.0 Å². The zero-order chi connectivity index (χ0) is 23.0. The van der Waals surface area contributed by atoms with Gasteiger partial charge in [-0.3, -0.25) is 4.79 Å². The van der Waals surface area contributed by atoms with Gasteiger partial charge < -0.3 is 14.3 Å². The summed E-state index contributed by atoms with van der Waals surface area (Å²) in [7, 11) is -1.14. The lowest BCUT2D eigenvalue weighted by Gasteiger charge is -2.49. The second-order valence-corrected chi connectivity index (χ2v) is 13.8. The highest BCUT2D eigenvalue weighted by atomic mass is 28.3. The predicted molar refractivity (Wildman–Crippen MR) is 128 cm³/mol. The molecule has 0 radical (unpaired) electrons. The topological polar surface area (TPSA) is 55.8 Å². The number of esters is 1. The molecule has 174 valence electrons. The molecular weight excluding hydrogens is 404 g/mol. The normalized spacial score (nSPS) is 31.0. The number of hydrogen-bond acceptors (Lipinski definition) is 4. The maximum atomic E-state index is 11.8. The summed E-state index contributed by atoms with van der Waals surface area (Å²) in [6, 6.07) is 6.69. The van der Waals surface area contributed by atoms with Crippen molar-refractivity contribution in [3.63, 3.8) is 0 Å². The molecule has 0 amide bonds. The first-order valence-corrected chi connectivity index (χ1v) is 14.7. The molecule has 2 fully saturated rings. The number of fused-ring (bicyclic) bond motifs is 1. The Balaban J connectivity index is 1.89. The molecule has 4 nitrogen and oxygen atoms in total. The van der Waals surface area contributed by atoms with Crippen LogP contribution < -0.4 is 0 Å². The van der Waals surface area contributed by atoms with Crippen molar-refractivity contribution in [3.05, 3.63) is 34.9 Å². The number of aliphatic hydroxyl groups is 1. The molecule has 4 atom stereocenters. The summed E-state index contributed by atoms with van der Waals surface area (Å²) in [4.78, 5) is 11.3. The molecule has 1 aromatic carbocycles. The van der Waals surface area contributed by atoms with Crippen molar-refractivity contribution in [2.75, 3.05) is 6.61 Å². The van der Waals surface area contributed by atoms with Crippen molar-refractivity contribution in [1.82, 2.24) is 0 Å². The molecule has 3 rings (SSSR count). The van der Waals surface area contributed by atoms with Crippen molar-refractivity contribution in [2.45, 2.75) is 103 Å². The molecular formula is C26H42O4Si. The molecule has 0 aliphatic heterocycles. The number of hydrogen-bond donors (Lipinski definition) is 1. The van der Waals surface area contributed by atoms with Gasteiger partial charge in [-0.15, -0.1) is 0 Å². The second-order valence-electron chi connectivity index (χ2n) is 11.4. The van der Waals surface area contributed by atoms with E-state index < -0.39 is 14.6 Å². The van der Waals surface area contributed by atoms with Crippen LogP contribution in [-0.4, -0.2) is 32.3 Å². The first-order valence-electron chi connectivity index (χ1n) is 12.0. The monoisotopic (exact) mass is 446 g/mol. The summed E-state index contributed by atoms with van der Waals surface area (Å²) in [6.45, 7) is 16.0. The number of rotatable bonds is 6. The first-order chi connectivity index (χ1) is 14.4. The highest BCUT2D eigenvalue weighted by Crippen LogP contribution is 2.61. The van der Waals surface area contributed by atoms with Gasteiger partial charge in [0.2, 0.25) is 0 Å². The van der Waals surface area contributed by atoms with E-state index in [0.29, 0.717) is 19.1 Å². The maximum absolute atomic E-state index is 11.8. The van der Waals surface area contributed by atoms with Crippen LogP contribution in [0.4, 0.5) is 0 Å². The molecule has 0 spiro atoms. The lowest BCUT2D eigenvalue weighted by molar-refractivity contribution is -0.148. The Kier molecular flexibility index (Phi) is 7.10. The summed E-state index contributed by atoms with van der Waals surface area (Å²) in [5, 5.41) is 11.8. The third-order valence-electron chi connectivity index (χ3n) is 7.98. The fourth-order valence-corrected chi connectivity index (χ4v) is 6.50. The van der Waals surface area contributed by atoms with E-state index in [9.17, 15) is 9.90 Å². The molecule has 5 heteroatoms. The van der Waals surface area contributed by atoms with Gasteiger partial charge in [0.25, 0.3) is 0 Å². The molecule has 0 heterocycles. The Morgan fingerprint density at radius 1 is 1.23 bits per heavy atom. The Morgan fingerprint density at radius 2 is 1.94 bits per heavy atom. The number of carbonyl (C=O) groups excluding carboxylic acids is 1. The SMILES string of the molecule is CC(=O)OC[C@H]1CC[C@]2(O)C[C@@H](c3cccc(C(C)(C)C)c3CO[SiH](C)C)CC[C@]12C. The highest BCUT2D eigenvalue weighted by molar-refractivity contribution is 6.48. The minimum absolute atomic E-state index is 0.0514. The zero-order valence-corrected chi connectivity index (χ0v) is 21.7. The third-order valence-corrected chi connectivity index (χ3v) is 8.81. The summed E-state index contributed by atoms with van der Waals surface area (Å²) < 4.78 is 11.6. The Bertz CT molecular complexity index is 799. The van der Waals surface area contributed by atoms with E-state index in [-0.39, 0.29) is 22.7 Å². The summed E-state index contributed by atoms with van der Waals surface area (Å²) in [5.41, 5.74) is 3.21. The minimum atomic E-state index is -1.14. The molecule has 1 aromatic rings. The molecule has 2 aliphatic rings. The molecule has 2 saturated carbocycles. The fraction of sp³-hybridized carbons (Fsp3) is 0.731. The smallest absolute Gasteiger partial charge is 0.302 e. The lowest BCUT2D eigenvalue weighted by Crippen LogP contribution is -2.50. The third kappa shape index (κ3) is 4.94. The van der Waals surface area contributed by atoms with Gasteiger partial charge >= 0.3 is 5.97 Å². The highest BCUT2D eigenvalue weighted by Gasteiger charge is 2.59. The van der Waals surface area contributed by atoms with E-state index in [2.05, 4.69) is 59.0 Å². The number of ether oxygens (including phenoxy) is 1. The average molecular weight is 447 g/mol. The lowest BCUT2D eigenvalue weighted by atomic mass is 9.59. The molecule has 31 heavy (non-hydrogen) atoms. The van der Waals surface area contributed by atoms with Crippen molar-refractivity contribution in [2.24, 2.45) is 11.3 Å². The van der Waals surface area contributed by atoms with Crippen molar-refractivity contribution < 1.29 is 19.1 Å². The van der Waals surface area contributed by atoms with Gasteiger partial charge in [0.05, 0.1) is 18.8 Å². The fourth-order valence-electron chi connectivity index (χ4n) is 6.00. The van der Waals surface area contributed by atoms with Gasteiger partial charge in [0.15, 0.2) is 9.04 Å². The first kappa shape index (κ1) is 24.5. The second kappa shape index (κ2) is 8.99. The van der Waals surface area contributed by atoms with E-state index in [1.54, 1.807) is 0 Å². The van der Waals surface area contributed by atoms with E-state index in [1.165, 1.54) is 23.6 Å². The number of benzene rings is 1. The van der Waals surface area contributed by atoms with Crippen LogP contribution in [0.2, 0.25) is 13.1 Å². The average Bonchev–Trinajstić information content (AvgIpc) is 2.93. The van der Waals surface area contributed by atoms with Gasteiger partial charge in [-0.25, -0.2) is 0 Å². The molecule has 0 unspecified atom stereocenters. The molecule has 2 aliphatic carbocycles. The van der Waals surface area contributed by atoms with Crippen LogP contribution in [0.15, 0.2) is 18.2 Å². The van der Waals surface area contributed by atoms with Gasteiger partial charge in [-0.2, -0.15) is 0 Å². The largest absolute Gasteiger partial charge is 0.466 e. The van der Waals surface area contributed by atoms with Crippen molar-refractivity contribution in [3.8, 4) is 0 Å². The molecule has 0 saturated heterocycles. The zero-order valence-electron chi connectivity index (χ0n) is 20.6. The maximum Gasteiger partial charge on any atom is 0.302 e. The van der Waals surface area contributed by atoms with E-state index in [1.807, 2.05) is 0 Å². The quantitative estimate of drug-likeness (QED) is 0.465. The van der Waals surface area contributed by atoms with Crippen LogP contribution in [0.3, 0.4) is 0 Å². The molecule has 1 N–H and O–H groups in total. The van der Waals surface area contributed by atoms with Crippen LogP contribution in [0.25, 0.3) is 0 Å². The summed E-state index contributed by atoms with van der Waals surface area (Å²) >= 11 is 0. The van der Waals surface area contributed by atoms with Gasteiger partial charge in [-0.05, 0) is 73.2 Å². The minimum Gasteiger partial charge on any atom is -0.466 e. The predicted octanol–water partition coefficient (Wildman–Crippen LogP) is 5.46. The van der Waals surface area contributed by atoms with Crippen LogP contribution in [0.5, 0.6) is 0 Å². The van der Waals surface area contributed by atoms with Gasteiger partial charge in [-0.1, -0.05) is 45.9 Å². The molecule has 0 aromatic heterocycles. The standard InChI is InChI=1S/C26H42O4Si/c1-18(27)29-16-20-12-14-26(28)15-19(11-13-25(20,26)5)21-9-8-10-23(24(2,3)4)22(21)17-30-31(6)7/h8-10,19-20,28,31H,11-17H2,1-7H3/t19-,20+,25+,26-/m0/s1. The van der Waals surface area contributed by atoms with Crippen molar-refractivity contribution in [1.29, 1.82) is 0 Å². The molecule has 0 bridgehead atoms. The van der Waals surface area contributed by atoms with Crippen LogP contribution in [0.1, 0.15) is 89.3 Å². The summed E-state index contributed by atoms with van der Waals surface area (Å²) in [5.74, 6) is 0.336. The van der Waals surface area contributed by atoms with E-state index in [0.717, 1.165) is 32.1 Å². The summed E-state index contributed by atoms with van der Waals surface area (Å²) in [6.07, 6.45) is 4.49. The van der Waals surface area contributed by atoms with E-state index >= 15 is 0 Å². The van der Waals surface area contributed by atoms with E-state index in [4.69, 9.17) is 9.16 Å². The van der Waals surface area contributed by atoms with Crippen molar-refractivity contribution >= 4 is 15.0 Å². The Labute approximate surface area is 190 Å². The van der Waals surface area contributed by atoms with Gasteiger partial charge in [0, 0.05) is 18.3 Å². The van der Waals surface area contributed by atoms with Crippen LogP contribution in [0, 0.1) is 11.3 Å².